The highest BCUT2D eigenvalue weighted by molar-refractivity contribution is 5.85. The van der Waals surface area contributed by atoms with Crippen LogP contribution in [0.15, 0.2) is 0 Å². The number of ether oxygens (including phenoxy) is 1. The highest BCUT2D eigenvalue weighted by Crippen LogP contribution is 2.17. The largest absolute Gasteiger partial charge is 0.453 e. The molecule has 0 atom stereocenters. The van der Waals surface area contributed by atoms with E-state index in [-0.39, 0.29) is 42.9 Å². The van der Waals surface area contributed by atoms with Crippen molar-refractivity contribution in [2.24, 2.45) is 0 Å². The first-order valence-electron chi connectivity index (χ1n) is 8.04. The molecule has 2 heterocycles. The van der Waals surface area contributed by atoms with Gasteiger partial charge >= 0.3 is 6.01 Å². The summed E-state index contributed by atoms with van der Waals surface area (Å²) >= 11 is 0. The second-order valence-electron chi connectivity index (χ2n) is 6.12. The van der Waals surface area contributed by atoms with E-state index in [4.69, 9.17) is 10.5 Å². The van der Waals surface area contributed by atoms with Gasteiger partial charge in [0.05, 0.1) is 17.1 Å². The number of nitrogen functional groups attached to an aromatic ring is 1. The van der Waals surface area contributed by atoms with Crippen LogP contribution >= 0.6 is 12.4 Å². The van der Waals surface area contributed by atoms with E-state index in [1.54, 1.807) is 37.6 Å². The summed E-state index contributed by atoms with van der Waals surface area (Å²) in [6.07, 6.45) is 1.55. The van der Waals surface area contributed by atoms with Gasteiger partial charge in [0.15, 0.2) is 6.61 Å². The van der Waals surface area contributed by atoms with Crippen molar-refractivity contribution in [3.05, 3.63) is 11.4 Å². The third-order valence-electron chi connectivity index (χ3n) is 4.48. The topological polar surface area (TPSA) is 102 Å². The molecule has 2 amide bonds. The zero-order valence-electron chi connectivity index (χ0n) is 15.1. The van der Waals surface area contributed by atoms with Crippen LogP contribution in [-0.4, -0.2) is 64.4 Å². The number of hydrogen-bond acceptors (Lipinski definition) is 6. The van der Waals surface area contributed by atoms with Gasteiger partial charge < -0.3 is 20.3 Å². The van der Waals surface area contributed by atoms with Gasteiger partial charge in [0, 0.05) is 33.1 Å². The van der Waals surface area contributed by atoms with E-state index >= 15 is 0 Å². The number of aryl methyl sites for hydroxylation is 2. The third kappa shape index (κ3) is 5.19. The number of halogens is 1. The molecular weight excluding hydrogens is 346 g/mol. The van der Waals surface area contributed by atoms with Crippen molar-refractivity contribution in [2.75, 3.05) is 32.5 Å². The molecule has 0 spiro atoms. The number of aromatic nitrogens is 2. The summed E-state index contributed by atoms with van der Waals surface area (Å²) < 4.78 is 5.42. The van der Waals surface area contributed by atoms with Crippen LogP contribution in [0.4, 0.5) is 5.69 Å². The number of likely N-dealkylation sites (tertiary alicyclic amines) is 1. The summed E-state index contributed by atoms with van der Waals surface area (Å²) in [7, 11) is 1.76. The number of amides is 2. The number of nitrogens with zero attached hydrogens (tertiary/aromatic N) is 4. The SMILES string of the molecule is CC(=O)N1CCC(N(C)C(=O)COc2nc(C)c(N)c(C)n2)CC1.Cl. The molecule has 0 saturated carbocycles. The molecule has 1 saturated heterocycles. The molecule has 0 aliphatic carbocycles. The number of anilines is 1. The van der Waals surface area contributed by atoms with Gasteiger partial charge in [-0.25, -0.2) is 0 Å². The van der Waals surface area contributed by atoms with Crippen LogP contribution in [0.3, 0.4) is 0 Å². The lowest BCUT2D eigenvalue weighted by atomic mass is 10.0. The van der Waals surface area contributed by atoms with Crippen molar-refractivity contribution in [3.8, 4) is 6.01 Å². The number of piperidine rings is 1. The third-order valence-corrected chi connectivity index (χ3v) is 4.48. The summed E-state index contributed by atoms with van der Waals surface area (Å²) in [6.45, 7) is 6.35. The van der Waals surface area contributed by atoms with Gasteiger partial charge in [-0.05, 0) is 26.7 Å². The quantitative estimate of drug-likeness (QED) is 0.845. The lowest BCUT2D eigenvalue weighted by molar-refractivity contribution is -0.136. The Kier molecular flexibility index (Phi) is 7.41. The molecule has 1 aliphatic heterocycles. The standard InChI is InChI=1S/C16H25N5O3.ClH/c1-10-15(17)11(2)19-16(18-10)24-9-14(23)20(4)13-5-7-21(8-6-13)12(3)22;/h13H,5-9,17H2,1-4H3;1H. The first-order valence-corrected chi connectivity index (χ1v) is 8.04. The van der Waals surface area contributed by atoms with Crippen molar-refractivity contribution in [3.63, 3.8) is 0 Å². The minimum Gasteiger partial charge on any atom is -0.453 e. The van der Waals surface area contributed by atoms with Gasteiger partial charge in [-0.15, -0.1) is 12.4 Å². The monoisotopic (exact) mass is 371 g/mol. The Morgan fingerprint density at radius 2 is 1.76 bits per heavy atom. The fourth-order valence-corrected chi connectivity index (χ4v) is 2.76. The molecule has 0 radical (unpaired) electrons. The molecule has 25 heavy (non-hydrogen) atoms. The Labute approximate surface area is 154 Å². The predicted molar refractivity (Wildman–Crippen MR) is 96.7 cm³/mol. The minimum absolute atomic E-state index is 0. The molecule has 9 heteroatoms. The molecule has 8 nitrogen and oxygen atoms in total. The Morgan fingerprint density at radius 1 is 1.24 bits per heavy atom. The van der Waals surface area contributed by atoms with Crippen LogP contribution in [-0.2, 0) is 9.59 Å². The number of carbonyl (C=O) groups excluding carboxylic acids is 2. The molecule has 140 valence electrons. The van der Waals surface area contributed by atoms with Gasteiger partial charge in [-0.1, -0.05) is 0 Å². The van der Waals surface area contributed by atoms with Crippen molar-refractivity contribution in [2.45, 2.75) is 39.7 Å². The van der Waals surface area contributed by atoms with Gasteiger partial charge in [0.2, 0.25) is 5.91 Å². The average molecular weight is 372 g/mol. The molecular formula is C16H26ClN5O3. The van der Waals surface area contributed by atoms with Crippen LogP contribution in [0.25, 0.3) is 0 Å². The Balaban J connectivity index is 0.00000312. The maximum absolute atomic E-state index is 12.3. The van der Waals surface area contributed by atoms with E-state index in [2.05, 4.69) is 9.97 Å². The summed E-state index contributed by atoms with van der Waals surface area (Å²) in [5, 5.41) is 0. The van der Waals surface area contributed by atoms with Gasteiger partial charge in [0.25, 0.3) is 5.91 Å². The van der Waals surface area contributed by atoms with Crippen LogP contribution in [0, 0.1) is 13.8 Å². The minimum atomic E-state index is -0.132. The molecule has 0 bridgehead atoms. The van der Waals surface area contributed by atoms with E-state index in [1.165, 1.54) is 0 Å². The number of nitrogens with two attached hydrogens (primary N) is 1. The lowest BCUT2D eigenvalue weighted by Gasteiger charge is -2.36. The summed E-state index contributed by atoms with van der Waals surface area (Å²) in [6, 6.07) is 0.278. The normalized spacial score (nSPS) is 14.6. The molecule has 0 aromatic carbocycles. The molecule has 0 unspecified atom stereocenters. The number of carbonyl (C=O) groups is 2. The van der Waals surface area contributed by atoms with E-state index in [0.29, 0.717) is 30.2 Å². The number of likely N-dealkylation sites (N-methyl/N-ethyl adjacent to an activating group) is 1. The van der Waals surface area contributed by atoms with Crippen LogP contribution in [0.1, 0.15) is 31.2 Å². The zero-order valence-corrected chi connectivity index (χ0v) is 15.9. The maximum Gasteiger partial charge on any atom is 0.317 e. The maximum atomic E-state index is 12.3. The summed E-state index contributed by atoms with van der Waals surface area (Å²) in [5.74, 6) is -0.0518. The second kappa shape index (κ2) is 8.84. The Bertz CT molecular complexity index is 609. The van der Waals surface area contributed by atoms with Crippen molar-refractivity contribution in [1.29, 1.82) is 0 Å². The molecule has 1 aromatic heterocycles. The predicted octanol–water partition coefficient (Wildman–Crippen LogP) is 0.946. The molecule has 2 N–H and O–H groups in total. The smallest absolute Gasteiger partial charge is 0.317 e. The molecule has 1 aromatic rings. The van der Waals surface area contributed by atoms with Crippen LogP contribution in [0.2, 0.25) is 0 Å². The van der Waals surface area contributed by atoms with Crippen LogP contribution in [0.5, 0.6) is 6.01 Å². The lowest BCUT2D eigenvalue weighted by Crippen LogP contribution is -2.47. The first-order chi connectivity index (χ1) is 11.3. The van der Waals surface area contributed by atoms with Crippen molar-refractivity contribution in [1.82, 2.24) is 19.8 Å². The highest BCUT2D eigenvalue weighted by Gasteiger charge is 2.26. The number of rotatable bonds is 4. The van der Waals surface area contributed by atoms with Crippen molar-refractivity contribution >= 4 is 29.9 Å². The van der Waals surface area contributed by atoms with Gasteiger partial charge in [-0.3, -0.25) is 9.59 Å². The van der Waals surface area contributed by atoms with Gasteiger partial charge in [-0.2, -0.15) is 9.97 Å². The van der Waals surface area contributed by atoms with Crippen LogP contribution < -0.4 is 10.5 Å². The first kappa shape index (κ1) is 21.0. The Morgan fingerprint density at radius 3 is 2.24 bits per heavy atom. The molecule has 2 rings (SSSR count). The number of hydrogen-bond donors (Lipinski definition) is 1. The van der Waals surface area contributed by atoms with Gasteiger partial charge in [0.1, 0.15) is 0 Å². The highest BCUT2D eigenvalue weighted by atomic mass is 35.5. The molecule has 1 aliphatic rings. The zero-order chi connectivity index (χ0) is 17.9. The second-order valence-corrected chi connectivity index (χ2v) is 6.12. The summed E-state index contributed by atoms with van der Waals surface area (Å²) in [5.41, 5.74) is 7.60. The fraction of sp³-hybridized carbons (Fsp3) is 0.625. The van der Waals surface area contributed by atoms with E-state index in [0.717, 1.165) is 12.8 Å². The average Bonchev–Trinajstić information content (AvgIpc) is 2.56. The Hall–Kier alpha value is -2.09. The van der Waals surface area contributed by atoms with Crippen molar-refractivity contribution < 1.29 is 14.3 Å². The van der Waals surface area contributed by atoms with E-state index in [9.17, 15) is 9.59 Å². The van der Waals surface area contributed by atoms with E-state index in [1.807, 2.05) is 0 Å². The van der Waals surface area contributed by atoms with E-state index < -0.39 is 0 Å². The molecule has 1 fully saturated rings. The summed E-state index contributed by atoms with van der Waals surface area (Å²) in [4.78, 5) is 35.4. The fourth-order valence-electron chi connectivity index (χ4n) is 2.76.